The minimum absolute atomic E-state index is 0.00235. The Bertz CT molecular complexity index is 1440. The van der Waals surface area contributed by atoms with Crippen LogP contribution in [0.5, 0.6) is 11.5 Å². The number of hydrogen-bond acceptors (Lipinski definition) is 7. The Labute approximate surface area is 191 Å². The van der Waals surface area contributed by atoms with E-state index >= 15 is 0 Å². The maximum absolute atomic E-state index is 13.6. The summed E-state index contributed by atoms with van der Waals surface area (Å²) in [6.45, 7) is 1.85. The molecule has 0 radical (unpaired) electrons. The maximum Gasteiger partial charge on any atom is 0.297 e. The second-order valence-corrected chi connectivity index (χ2v) is 8.55. The van der Waals surface area contributed by atoms with Gasteiger partial charge in [-0.15, -0.1) is 11.3 Å². The Morgan fingerprint density at radius 2 is 1.88 bits per heavy atom. The molecule has 1 unspecified atom stereocenters. The zero-order valence-corrected chi connectivity index (χ0v) is 18.9. The number of aryl methyl sites for hydroxylation is 1. The Morgan fingerprint density at radius 1 is 1.09 bits per heavy atom. The van der Waals surface area contributed by atoms with E-state index in [1.807, 2.05) is 12.3 Å². The van der Waals surface area contributed by atoms with Gasteiger partial charge in [0.15, 0.2) is 22.1 Å². The summed E-state index contributed by atoms with van der Waals surface area (Å²) in [7, 11) is 3.07. The molecular weight excluding hydrogens is 452 g/mol. The number of ether oxygens (including phenoxy) is 2. The van der Waals surface area contributed by atoms with Gasteiger partial charge < -0.3 is 13.9 Å². The Hall–Kier alpha value is -3.36. The van der Waals surface area contributed by atoms with Crippen LogP contribution in [0.4, 0.5) is 5.13 Å². The number of thiazole rings is 1. The normalized spacial score (nSPS) is 15.3. The lowest BCUT2D eigenvalue weighted by Crippen LogP contribution is -2.29. The van der Waals surface area contributed by atoms with Crippen molar-refractivity contribution in [2.45, 2.75) is 13.0 Å². The first kappa shape index (κ1) is 20.5. The number of amides is 1. The third-order valence-electron chi connectivity index (χ3n) is 5.37. The first-order chi connectivity index (χ1) is 15.4. The van der Waals surface area contributed by atoms with E-state index in [1.54, 1.807) is 43.5 Å². The van der Waals surface area contributed by atoms with Gasteiger partial charge in [0, 0.05) is 10.4 Å². The van der Waals surface area contributed by atoms with Gasteiger partial charge >= 0.3 is 0 Å². The van der Waals surface area contributed by atoms with Crippen molar-refractivity contribution in [2.75, 3.05) is 19.1 Å². The molecule has 7 nitrogen and oxygen atoms in total. The molecule has 32 heavy (non-hydrogen) atoms. The number of anilines is 1. The van der Waals surface area contributed by atoms with Crippen molar-refractivity contribution in [3.05, 3.63) is 79.6 Å². The molecular formula is C23H17ClN2O5S. The van der Waals surface area contributed by atoms with E-state index in [0.29, 0.717) is 38.2 Å². The smallest absolute Gasteiger partial charge is 0.297 e. The van der Waals surface area contributed by atoms with Gasteiger partial charge in [0.25, 0.3) is 5.91 Å². The number of methoxy groups -OCH3 is 2. The molecule has 1 aliphatic rings. The van der Waals surface area contributed by atoms with Crippen molar-refractivity contribution in [1.29, 1.82) is 0 Å². The largest absolute Gasteiger partial charge is 0.493 e. The molecule has 0 spiro atoms. The van der Waals surface area contributed by atoms with Gasteiger partial charge in [-0.05, 0) is 42.8 Å². The summed E-state index contributed by atoms with van der Waals surface area (Å²) >= 11 is 7.45. The lowest BCUT2D eigenvalue weighted by molar-refractivity contribution is 0.0971. The lowest BCUT2D eigenvalue weighted by atomic mass is 9.98. The molecule has 4 aromatic rings. The molecule has 5 rings (SSSR count). The van der Waals surface area contributed by atoms with Crippen molar-refractivity contribution < 1.29 is 18.7 Å². The molecule has 0 saturated heterocycles. The first-order valence-corrected chi connectivity index (χ1v) is 10.9. The fourth-order valence-electron chi connectivity index (χ4n) is 3.93. The highest BCUT2D eigenvalue weighted by atomic mass is 35.5. The standard InChI is InChI=1S/C23H17ClN2O5S/c1-11-10-32-23(25-11)26-19(12-4-6-16(29-2)17(8-12)30-3)18-20(27)14-9-13(24)5-7-15(14)31-21(18)22(26)28/h4-10,19H,1-3H3. The average molecular weight is 469 g/mol. The third kappa shape index (κ3) is 3.06. The topological polar surface area (TPSA) is 81.9 Å². The lowest BCUT2D eigenvalue weighted by Gasteiger charge is -2.23. The van der Waals surface area contributed by atoms with Crippen molar-refractivity contribution >= 4 is 44.9 Å². The number of benzene rings is 2. The number of carbonyl (C=O) groups is 1. The van der Waals surface area contributed by atoms with Crippen LogP contribution >= 0.6 is 22.9 Å². The predicted octanol–water partition coefficient (Wildman–Crippen LogP) is 4.98. The number of fused-ring (bicyclic) bond motifs is 2. The SMILES string of the molecule is COc1ccc(C2c3c(oc4ccc(Cl)cc4c3=O)C(=O)N2c2nc(C)cs2)cc1OC. The highest BCUT2D eigenvalue weighted by Crippen LogP contribution is 2.44. The second kappa shape index (κ2) is 7.65. The fraction of sp³-hybridized carbons (Fsp3) is 0.174. The van der Waals surface area contributed by atoms with E-state index in [9.17, 15) is 9.59 Å². The molecule has 0 saturated carbocycles. The summed E-state index contributed by atoms with van der Waals surface area (Å²) in [5, 5.41) is 3.04. The van der Waals surface area contributed by atoms with E-state index in [4.69, 9.17) is 25.5 Å². The van der Waals surface area contributed by atoms with Crippen LogP contribution in [0.15, 0.2) is 51.0 Å². The Kier molecular flexibility index (Phi) is 4.91. The highest BCUT2D eigenvalue weighted by Gasteiger charge is 2.45. The van der Waals surface area contributed by atoms with Crippen molar-refractivity contribution in [1.82, 2.24) is 4.98 Å². The van der Waals surface area contributed by atoms with E-state index in [1.165, 1.54) is 23.3 Å². The third-order valence-corrected chi connectivity index (χ3v) is 6.56. The number of rotatable bonds is 4. The molecule has 2 aromatic carbocycles. The summed E-state index contributed by atoms with van der Waals surface area (Å²) in [6, 6.07) is 9.30. The zero-order valence-electron chi connectivity index (χ0n) is 17.3. The number of nitrogens with zero attached hydrogens (tertiary/aromatic N) is 2. The monoisotopic (exact) mass is 468 g/mol. The highest BCUT2D eigenvalue weighted by molar-refractivity contribution is 7.14. The van der Waals surface area contributed by atoms with E-state index in [0.717, 1.165) is 5.69 Å². The summed E-state index contributed by atoms with van der Waals surface area (Å²) < 4.78 is 16.7. The Morgan fingerprint density at radius 3 is 2.56 bits per heavy atom. The van der Waals surface area contributed by atoms with Crippen molar-refractivity contribution in [3.8, 4) is 11.5 Å². The predicted molar refractivity (Wildman–Crippen MR) is 123 cm³/mol. The van der Waals surface area contributed by atoms with E-state index in [-0.39, 0.29) is 16.8 Å². The number of hydrogen-bond donors (Lipinski definition) is 0. The van der Waals surface area contributed by atoms with Crippen LogP contribution < -0.4 is 19.8 Å². The van der Waals surface area contributed by atoms with Gasteiger partial charge in [-0.1, -0.05) is 17.7 Å². The molecule has 3 heterocycles. The summed E-state index contributed by atoms with van der Waals surface area (Å²) in [6.07, 6.45) is 0. The minimum Gasteiger partial charge on any atom is -0.493 e. The number of halogens is 1. The van der Waals surface area contributed by atoms with Gasteiger partial charge in [-0.2, -0.15) is 0 Å². The quantitative estimate of drug-likeness (QED) is 0.420. The molecule has 162 valence electrons. The van der Waals surface area contributed by atoms with Gasteiger partial charge in [0.05, 0.1) is 36.9 Å². The van der Waals surface area contributed by atoms with Crippen LogP contribution in [0.1, 0.15) is 33.4 Å². The number of aromatic nitrogens is 1. The molecule has 9 heteroatoms. The fourth-order valence-corrected chi connectivity index (χ4v) is 4.93. The maximum atomic E-state index is 13.6. The van der Waals surface area contributed by atoms with Crippen molar-refractivity contribution in [3.63, 3.8) is 0 Å². The molecule has 0 N–H and O–H groups in total. The van der Waals surface area contributed by atoms with E-state index in [2.05, 4.69) is 4.98 Å². The van der Waals surface area contributed by atoms with Gasteiger partial charge in [0.2, 0.25) is 5.76 Å². The van der Waals surface area contributed by atoms with Gasteiger partial charge in [-0.25, -0.2) is 4.98 Å². The van der Waals surface area contributed by atoms with Crippen molar-refractivity contribution in [2.24, 2.45) is 0 Å². The summed E-state index contributed by atoms with van der Waals surface area (Å²) in [5.74, 6) is 0.588. The van der Waals surface area contributed by atoms with Crippen LogP contribution in [0, 0.1) is 6.92 Å². The average Bonchev–Trinajstić information content (AvgIpc) is 3.34. The molecule has 1 aliphatic heterocycles. The van der Waals surface area contributed by atoms with Crippen LogP contribution in [0.3, 0.4) is 0 Å². The van der Waals surface area contributed by atoms with Crippen LogP contribution in [0.2, 0.25) is 5.02 Å². The Balaban J connectivity index is 1.81. The van der Waals surface area contributed by atoms with Gasteiger partial charge in [-0.3, -0.25) is 14.5 Å². The summed E-state index contributed by atoms with van der Waals surface area (Å²) in [5.41, 5.74) is 1.67. The second-order valence-electron chi connectivity index (χ2n) is 7.28. The van der Waals surface area contributed by atoms with E-state index < -0.39 is 11.9 Å². The first-order valence-electron chi connectivity index (χ1n) is 9.66. The molecule has 1 atom stereocenters. The van der Waals surface area contributed by atoms with Crippen LogP contribution in [-0.2, 0) is 0 Å². The van der Waals surface area contributed by atoms with Gasteiger partial charge in [0.1, 0.15) is 5.58 Å². The molecule has 0 aliphatic carbocycles. The number of carbonyl (C=O) groups excluding carboxylic acids is 1. The molecule has 0 bridgehead atoms. The molecule has 1 amide bonds. The van der Waals surface area contributed by atoms with Crippen LogP contribution in [-0.4, -0.2) is 25.1 Å². The minimum atomic E-state index is -0.748. The molecule has 2 aromatic heterocycles. The zero-order chi connectivity index (χ0) is 22.6. The molecule has 0 fully saturated rings. The van der Waals surface area contributed by atoms with Crippen LogP contribution in [0.25, 0.3) is 11.0 Å². The summed E-state index contributed by atoms with van der Waals surface area (Å²) in [4.78, 5) is 33.1.